The first-order chi connectivity index (χ1) is 13.2. The molecule has 0 aliphatic carbocycles. The molecule has 1 amide bonds. The number of carbonyl (C=O) groups excluding carboxylic acids is 1. The molecule has 0 radical (unpaired) electrons. The number of rotatable bonds is 7. The minimum atomic E-state index is -3.67. The highest BCUT2D eigenvalue weighted by Crippen LogP contribution is 2.28. The van der Waals surface area contributed by atoms with Crippen LogP contribution in [0.15, 0.2) is 47.4 Å². The maximum Gasteiger partial charge on any atom is 0.265 e. The second-order valence-corrected chi connectivity index (χ2v) is 8.19. The first kappa shape index (κ1) is 21.2. The molecular weight excluding hydrogens is 382 g/mol. The van der Waals surface area contributed by atoms with Gasteiger partial charge in [-0.3, -0.25) is 4.79 Å². The van der Waals surface area contributed by atoms with E-state index in [1.54, 1.807) is 31.2 Å². The number of hydrogen-bond acceptors (Lipinski definition) is 6. The van der Waals surface area contributed by atoms with E-state index in [4.69, 9.17) is 14.7 Å². The Morgan fingerprint density at radius 2 is 1.82 bits per heavy atom. The Morgan fingerprint density at radius 3 is 2.36 bits per heavy atom. The lowest BCUT2D eigenvalue weighted by Gasteiger charge is -2.18. The number of amides is 1. The third-order valence-electron chi connectivity index (χ3n) is 3.87. The molecule has 0 aliphatic heterocycles. The van der Waals surface area contributed by atoms with Gasteiger partial charge in [-0.05, 0) is 49.4 Å². The molecule has 0 spiro atoms. The quantitative estimate of drug-likeness (QED) is 0.759. The predicted octanol–water partition coefficient (Wildman–Crippen LogP) is 2.22. The summed E-state index contributed by atoms with van der Waals surface area (Å²) in [6, 6.07) is 12.6. The molecule has 0 aromatic heterocycles. The van der Waals surface area contributed by atoms with Gasteiger partial charge >= 0.3 is 0 Å². The molecule has 1 N–H and O–H groups in total. The van der Waals surface area contributed by atoms with Crippen molar-refractivity contribution in [2.75, 3.05) is 26.5 Å². The molecule has 8 nitrogen and oxygen atoms in total. The fourth-order valence-corrected chi connectivity index (χ4v) is 3.18. The maximum absolute atomic E-state index is 12.5. The van der Waals surface area contributed by atoms with Crippen molar-refractivity contribution in [1.29, 1.82) is 5.26 Å². The van der Waals surface area contributed by atoms with Crippen LogP contribution in [0.3, 0.4) is 0 Å². The van der Waals surface area contributed by atoms with Gasteiger partial charge in [0.2, 0.25) is 10.0 Å². The largest absolute Gasteiger partial charge is 0.495 e. The van der Waals surface area contributed by atoms with Gasteiger partial charge in [0.1, 0.15) is 11.5 Å². The molecule has 9 heteroatoms. The van der Waals surface area contributed by atoms with Crippen molar-refractivity contribution < 1.29 is 22.7 Å². The van der Waals surface area contributed by atoms with E-state index in [1.807, 2.05) is 6.07 Å². The number of ether oxygens (including phenoxy) is 2. The van der Waals surface area contributed by atoms with E-state index in [1.165, 1.54) is 39.4 Å². The lowest BCUT2D eigenvalue weighted by atomic mass is 10.2. The molecule has 0 saturated carbocycles. The Morgan fingerprint density at radius 1 is 1.18 bits per heavy atom. The van der Waals surface area contributed by atoms with Crippen LogP contribution in [0.2, 0.25) is 0 Å². The molecule has 0 bridgehead atoms. The van der Waals surface area contributed by atoms with Crippen LogP contribution in [0.1, 0.15) is 12.5 Å². The molecule has 2 aromatic rings. The monoisotopic (exact) mass is 403 g/mol. The topological polar surface area (TPSA) is 109 Å². The Bertz CT molecular complexity index is 995. The fraction of sp³-hybridized carbons (Fsp3) is 0.263. The molecule has 148 valence electrons. The normalized spacial score (nSPS) is 12.1. The van der Waals surface area contributed by atoms with Crippen LogP contribution in [0.4, 0.5) is 5.69 Å². The van der Waals surface area contributed by atoms with Gasteiger partial charge in [-0.25, -0.2) is 12.7 Å². The van der Waals surface area contributed by atoms with E-state index in [0.717, 1.165) is 4.31 Å². The summed E-state index contributed by atoms with van der Waals surface area (Å²) in [5.41, 5.74) is 0.693. The summed E-state index contributed by atoms with van der Waals surface area (Å²) in [6.07, 6.45) is -0.869. The molecule has 1 atom stereocenters. The van der Waals surface area contributed by atoms with E-state index in [0.29, 0.717) is 17.1 Å². The van der Waals surface area contributed by atoms with E-state index in [2.05, 4.69) is 5.32 Å². The van der Waals surface area contributed by atoms with Crippen molar-refractivity contribution in [1.82, 2.24) is 4.31 Å². The Kier molecular flexibility index (Phi) is 6.62. The standard InChI is InChI=1S/C19H21N3O5S/c1-13(27-15-7-5-14(12-20)6-8-15)19(23)21-17-11-16(9-10-18(17)26-4)28(24,25)22(2)3/h5-11,13H,1-4H3,(H,21,23)/t13-/m1/s1. The second kappa shape index (κ2) is 8.73. The fourth-order valence-electron chi connectivity index (χ4n) is 2.26. The van der Waals surface area contributed by atoms with Gasteiger partial charge in [-0.15, -0.1) is 0 Å². The second-order valence-electron chi connectivity index (χ2n) is 6.04. The molecule has 0 fully saturated rings. The van der Waals surface area contributed by atoms with Crippen LogP contribution in [-0.2, 0) is 14.8 Å². The predicted molar refractivity (Wildman–Crippen MR) is 104 cm³/mol. The smallest absolute Gasteiger partial charge is 0.265 e. The van der Waals surface area contributed by atoms with Crippen molar-refractivity contribution in [2.24, 2.45) is 0 Å². The summed E-state index contributed by atoms with van der Waals surface area (Å²) in [5, 5.41) is 11.4. The van der Waals surface area contributed by atoms with Gasteiger partial charge in [-0.2, -0.15) is 5.26 Å². The SMILES string of the molecule is COc1ccc(S(=O)(=O)N(C)C)cc1NC(=O)[C@@H](C)Oc1ccc(C#N)cc1. The number of carbonyl (C=O) groups is 1. The number of benzene rings is 2. The first-order valence-corrected chi connectivity index (χ1v) is 9.71. The lowest BCUT2D eigenvalue weighted by Crippen LogP contribution is -2.30. The van der Waals surface area contributed by atoms with E-state index < -0.39 is 22.0 Å². The Labute approximate surface area is 164 Å². The Hall–Kier alpha value is -3.09. The summed E-state index contributed by atoms with van der Waals surface area (Å²) in [6.45, 7) is 1.56. The summed E-state index contributed by atoms with van der Waals surface area (Å²) in [7, 11) is 0.596. The molecule has 2 rings (SSSR count). The van der Waals surface area contributed by atoms with Gasteiger partial charge in [-0.1, -0.05) is 0 Å². The van der Waals surface area contributed by atoms with Gasteiger partial charge in [0.05, 0.1) is 29.3 Å². The van der Waals surface area contributed by atoms with Gasteiger partial charge in [0, 0.05) is 14.1 Å². The number of nitrogens with one attached hydrogen (secondary N) is 1. The third kappa shape index (κ3) is 4.79. The minimum absolute atomic E-state index is 0.0225. The van der Waals surface area contributed by atoms with Gasteiger partial charge < -0.3 is 14.8 Å². The molecule has 0 heterocycles. The number of anilines is 1. The molecule has 0 aliphatic rings. The average molecular weight is 403 g/mol. The summed E-state index contributed by atoms with van der Waals surface area (Å²) < 4.78 is 36.5. The van der Waals surface area contributed by atoms with Crippen molar-refractivity contribution in [2.45, 2.75) is 17.9 Å². The van der Waals surface area contributed by atoms with Gasteiger partial charge in [0.25, 0.3) is 5.91 Å². The average Bonchev–Trinajstić information content (AvgIpc) is 2.68. The molecule has 0 unspecified atom stereocenters. The summed E-state index contributed by atoms with van der Waals surface area (Å²) >= 11 is 0. The number of hydrogen-bond donors (Lipinski definition) is 1. The lowest BCUT2D eigenvalue weighted by molar-refractivity contribution is -0.122. The van der Waals surface area contributed by atoms with Crippen LogP contribution in [0.5, 0.6) is 11.5 Å². The van der Waals surface area contributed by atoms with Crippen LogP contribution in [0.25, 0.3) is 0 Å². The van der Waals surface area contributed by atoms with E-state index in [-0.39, 0.29) is 10.6 Å². The molecule has 2 aromatic carbocycles. The molecular formula is C19H21N3O5S. The highest BCUT2D eigenvalue weighted by atomic mass is 32.2. The third-order valence-corrected chi connectivity index (χ3v) is 5.68. The number of nitriles is 1. The van der Waals surface area contributed by atoms with Crippen molar-refractivity contribution in [3.63, 3.8) is 0 Å². The zero-order valence-electron chi connectivity index (χ0n) is 16.0. The maximum atomic E-state index is 12.5. The minimum Gasteiger partial charge on any atom is -0.495 e. The zero-order valence-corrected chi connectivity index (χ0v) is 16.8. The molecule has 28 heavy (non-hydrogen) atoms. The first-order valence-electron chi connectivity index (χ1n) is 8.27. The van der Waals surface area contributed by atoms with Crippen LogP contribution in [-0.4, -0.2) is 45.9 Å². The summed E-state index contributed by atoms with van der Waals surface area (Å²) in [5.74, 6) is 0.260. The highest BCUT2D eigenvalue weighted by Gasteiger charge is 2.21. The van der Waals surface area contributed by atoms with Crippen molar-refractivity contribution in [3.8, 4) is 17.6 Å². The summed E-state index contributed by atoms with van der Waals surface area (Å²) in [4.78, 5) is 12.5. The number of nitrogens with zero attached hydrogens (tertiary/aromatic N) is 2. The number of sulfonamides is 1. The van der Waals surface area contributed by atoms with Crippen LogP contribution in [0, 0.1) is 11.3 Å². The van der Waals surface area contributed by atoms with Crippen molar-refractivity contribution in [3.05, 3.63) is 48.0 Å². The molecule has 0 saturated heterocycles. The van der Waals surface area contributed by atoms with Crippen molar-refractivity contribution >= 4 is 21.6 Å². The zero-order chi connectivity index (χ0) is 20.9. The van der Waals surface area contributed by atoms with E-state index in [9.17, 15) is 13.2 Å². The van der Waals surface area contributed by atoms with E-state index >= 15 is 0 Å². The van der Waals surface area contributed by atoms with Crippen LogP contribution < -0.4 is 14.8 Å². The Balaban J connectivity index is 2.20. The number of methoxy groups -OCH3 is 1. The highest BCUT2D eigenvalue weighted by molar-refractivity contribution is 7.89. The van der Waals surface area contributed by atoms with Gasteiger partial charge in [0.15, 0.2) is 6.10 Å². The van der Waals surface area contributed by atoms with Crippen LogP contribution >= 0.6 is 0 Å².